The van der Waals surface area contributed by atoms with Crippen molar-refractivity contribution in [3.63, 3.8) is 0 Å². The molecule has 0 heterocycles. The van der Waals surface area contributed by atoms with Crippen LogP contribution in [0.5, 0.6) is 5.75 Å². The summed E-state index contributed by atoms with van der Waals surface area (Å²) in [6.45, 7) is 5.84. The molecular weight excluding hydrogens is 266 g/mol. The van der Waals surface area contributed by atoms with Crippen LogP contribution >= 0.6 is 0 Å². The number of ether oxygens (including phenoxy) is 1. The molecule has 1 aromatic rings. The van der Waals surface area contributed by atoms with Gasteiger partial charge in [0.25, 0.3) is 5.91 Å². The van der Waals surface area contributed by atoms with Crippen molar-refractivity contribution in [1.29, 1.82) is 0 Å². The molecule has 0 radical (unpaired) electrons. The zero-order chi connectivity index (χ0) is 16.0. The number of nitrogen functional groups attached to an aromatic ring is 1. The van der Waals surface area contributed by atoms with Crippen molar-refractivity contribution in [2.75, 3.05) is 24.7 Å². The maximum Gasteiger partial charge on any atom is 0.260 e. The molecule has 0 bridgehead atoms. The molecule has 1 unspecified atom stereocenters. The summed E-state index contributed by atoms with van der Waals surface area (Å²) in [6, 6.07) is 5.73. The smallest absolute Gasteiger partial charge is 0.260 e. The quantitative estimate of drug-likeness (QED) is 0.758. The third-order valence-corrected chi connectivity index (χ3v) is 3.52. The van der Waals surface area contributed by atoms with E-state index in [4.69, 9.17) is 10.5 Å². The molecule has 21 heavy (non-hydrogen) atoms. The zero-order valence-corrected chi connectivity index (χ0v) is 13.6. The second-order valence-electron chi connectivity index (χ2n) is 5.40. The fraction of sp³-hybridized carbons (Fsp3) is 0.562. The number of rotatable bonds is 7. The van der Waals surface area contributed by atoms with Gasteiger partial charge in [0.2, 0.25) is 0 Å². The molecule has 0 saturated carbocycles. The Morgan fingerprint density at radius 2 is 1.95 bits per heavy atom. The average Bonchev–Trinajstić information content (AvgIpc) is 2.46. The standard InChI is InChI=1S/C16H27N3O2/c1-6-12(7-2)18-16(20)11(3)21-15-10-13(19(4)5)8-9-14(15)17/h8-12H,6-7,17H2,1-5H3,(H,18,20). The first-order chi connectivity index (χ1) is 9.88. The van der Waals surface area contributed by atoms with E-state index in [9.17, 15) is 4.79 Å². The number of hydrogen-bond donors (Lipinski definition) is 2. The summed E-state index contributed by atoms with van der Waals surface area (Å²) in [6.07, 6.45) is 1.24. The SMILES string of the molecule is CCC(CC)NC(=O)C(C)Oc1cc(N(C)C)ccc1N. The number of nitrogens with one attached hydrogen (secondary N) is 1. The predicted molar refractivity (Wildman–Crippen MR) is 87.8 cm³/mol. The molecule has 1 aromatic carbocycles. The minimum Gasteiger partial charge on any atom is -0.479 e. The van der Waals surface area contributed by atoms with Crippen LogP contribution in [0.25, 0.3) is 0 Å². The summed E-state index contributed by atoms with van der Waals surface area (Å²) >= 11 is 0. The Bertz CT molecular complexity index is 471. The first kappa shape index (κ1) is 17.1. The molecule has 118 valence electrons. The lowest BCUT2D eigenvalue weighted by molar-refractivity contribution is -0.128. The van der Waals surface area contributed by atoms with Crippen molar-refractivity contribution in [3.8, 4) is 5.75 Å². The van der Waals surface area contributed by atoms with Crippen molar-refractivity contribution >= 4 is 17.3 Å². The summed E-state index contributed by atoms with van der Waals surface area (Å²) in [5.74, 6) is 0.423. The van der Waals surface area contributed by atoms with Crippen LogP contribution in [0.15, 0.2) is 18.2 Å². The molecule has 0 saturated heterocycles. The molecule has 5 nitrogen and oxygen atoms in total. The molecule has 3 N–H and O–H groups in total. The van der Waals surface area contributed by atoms with Crippen LogP contribution in [0, 0.1) is 0 Å². The number of hydrogen-bond acceptors (Lipinski definition) is 4. The van der Waals surface area contributed by atoms with E-state index in [1.165, 1.54) is 0 Å². The van der Waals surface area contributed by atoms with Gasteiger partial charge in [-0.3, -0.25) is 4.79 Å². The van der Waals surface area contributed by atoms with Crippen molar-refractivity contribution in [1.82, 2.24) is 5.32 Å². The molecule has 0 aromatic heterocycles. The van der Waals surface area contributed by atoms with Gasteiger partial charge >= 0.3 is 0 Å². The van der Waals surface area contributed by atoms with Gasteiger partial charge in [0.05, 0.1) is 5.69 Å². The third-order valence-electron chi connectivity index (χ3n) is 3.52. The van der Waals surface area contributed by atoms with E-state index in [1.54, 1.807) is 13.0 Å². The first-order valence-corrected chi connectivity index (χ1v) is 7.42. The lowest BCUT2D eigenvalue weighted by Crippen LogP contribution is -2.42. The lowest BCUT2D eigenvalue weighted by atomic mass is 10.1. The number of anilines is 2. The van der Waals surface area contributed by atoms with Gasteiger partial charge in [-0.25, -0.2) is 0 Å². The van der Waals surface area contributed by atoms with E-state index in [0.717, 1.165) is 18.5 Å². The van der Waals surface area contributed by atoms with Crippen molar-refractivity contribution < 1.29 is 9.53 Å². The number of nitrogens with two attached hydrogens (primary N) is 1. The summed E-state index contributed by atoms with van der Waals surface area (Å²) < 4.78 is 5.72. The second-order valence-corrected chi connectivity index (χ2v) is 5.40. The van der Waals surface area contributed by atoms with Crippen LogP contribution in [0.3, 0.4) is 0 Å². The van der Waals surface area contributed by atoms with E-state index in [2.05, 4.69) is 19.2 Å². The normalized spacial score (nSPS) is 12.1. The topological polar surface area (TPSA) is 67.6 Å². The molecule has 0 spiro atoms. The number of carbonyl (C=O) groups excluding carboxylic acids is 1. The Kier molecular flexibility index (Phi) is 6.34. The summed E-state index contributed by atoms with van der Waals surface area (Å²) in [7, 11) is 3.89. The largest absolute Gasteiger partial charge is 0.479 e. The molecule has 1 amide bonds. The molecular formula is C16H27N3O2. The van der Waals surface area contributed by atoms with Crippen molar-refractivity contribution in [3.05, 3.63) is 18.2 Å². The number of amides is 1. The van der Waals surface area contributed by atoms with E-state index < -0.39 is 6.10 Å². The Hall–Kier alpha value is -1.91. The average molecular weight is 293 g/mol. The van der Waals surface area contributed by atoms with Gasteiger partial charge < -0.3 is 20.7 Å². The number of nitrogens with zero attached hydrogens (tertiary/aromatic N) is 1. The van der Waals surface area contributed by atoms with Gasteiger partial charge in [0.15, 0.2) is 6.10 Å². The highest BCUT2D eigenvalue weighted by Gasteiger charge is 2.18. The van der Waals surface area contributed by atoms with Gasteiger partial charge in [-0.15, -0.1) is 0 Å². The fourth-order valence-corrected chi connectivity index (χ4v) is 1.96. The third kappa shape index (κ3) is 4.85. The predicted octanol–water partition coefficient (Wildman–Crippen LogP) is 2.41. The highest BCUT2D eigenvalue weighted by Crippen LogP contribution is 2.27. The monoisotopic (exact) mass is 293 g/mol. The van der Waals surface area contributed by atoms with Gasteiger partial charge in [0.1, 0.15) is 5.75 Å². The lowest BCUT2D eigenvalue weighted by Gasteiger charge is -2.21. The Morgan fingerprint density at radius 3 is 2.48 bits per heavy atom. The van der Waals surface area contributed by atoms with E-state index in [-0.39, 0.29) is 11.9 Å². The molecule has 0 aliphatic rings. The van der Waals surface area contributed by atoms with Crippen LogP contribution in [0.4, 0.5) is 11.4 Å². The summed E-state index contributed by atoms with van der Waals surface area (Å²) in [5, 5.41) is 2.98. The second kappa shape index (κ2) is 7.76. The summed E-state index contributed by atoms with van der Waals surface area (Å²) in [4.78, 5) is 14.1. The van der Waals surface area contributed by atoms with E-state index in [1.807, 2.05) is 31.1 Å². The molecule has 0 aliphatic carbocycles. The van der Waals surface area contributed by atoms with Crippen LogP contribution in [0.2, 0.25) is 0 Å². The maximum atomic E-state index is 12.1. The number of benzene rings is 1. The van der Waals surface area contributed by atoms with E-state index in [0.29, 0.717) is 11.4 Å². The first-order valence-electron chi connectivity index (χ1n) is 7.42. The Morgan fingerprint density at radius 1 is 1.33 bits per heavy atom. The van der Waals surface area contributed by atoms with Crippen LogP contribution in [0.1, 0.15) is 33.6 Å². The molecule has 0 aliphatic heterocycles. The van der Waals surface area contributed by atoms with Crippen LogP contribution in [-0.4, -0.2) is 32.1 Å². The Balaban J connectivity index is 2.76. The van der Waals surface area contributed by atoms with Gasteiger partial charge in [0, 0.05) is 31.9 Å². The maximum absolute atomic E-state index is 12.1. The van der Waals surface area contributed by atoms with Crippen molar-refractivity contribution in [2.45, 2.75) is 45.8 Å². The van der Waals surface area contributed by atoms with Crippen LogP contribution < -0.4 is 20.7 Å². The summed E-state index contributed by atoms with van der Waals surface area (Å²) in [5.41, 5.74) is 7.43. The van der Waals surface area contributed by atoms with E-state index >= 15 is 0 Å². The highest BCUT2D eigenvalue weighted by atomic mass is 16.5. The molecule has 0 fully saturated rings. The fourth-order valence-electron chi connectivity index (χ4n) is 1.96. The zero-order valence-electron chi connectivity index (χ0n) is 13.6. The molecule has 5 heteroatoms. The van der Waals surface area contributed by atoms with Crippen LogP contribution in [-0.2, 0) is 4.79 Å². The minimum absolute atomic E-state index is 0.113. The Labute approximate surface area is 127 Å². The van der Waals surface area contributed by atoms with Gasteiger partial charge in [-0.2, -0.15) is 0 Å². The van der Waals surface area contributed by atoms with Gasteiger partial charge in [-0.1, -0.05) is 13.8 Å². The molecule has 1 rings (SSSR count). The molecule has 1 atom stereocenters. The van der Waals surface area contributed by atoms with Gasteiger partial charge in [-0.05, 0) is 31.9 Å². The minimum atomic E-state index is -0.578. The number of carbonyl (C=O) groups is 1. The van der Waals surface area contributed by atoms with Crippen molar-refractivity contribution in [2.24, 2.45) is 0 Å². The highest BCUT2D eigenvalue weighted by molar-refractivity contribution is 5.81.